The molecule has 2 N–H and O–H groups in total. The van der Waals surface area contributed by atoms with Gasteiger partial charge in [0.25, 0.3) is 0 Å². The molecule has 0 amide bonds. The van der Waals surface area contributed by atoms with E-state index < -0.39 is 0 Å². The van der Waals surface area contributed by atoms with Crippen LogP contribution in [-0.4, -0.2) is 50.7 Å². The standard InChI is InChI=1S/C32H38N6O3/c1-40-26-11-9-21(10-12-26)18-33-29-28-30-36-31(35-29)41-15-4-2-3-6-23-16-22(19-38(30)32(39)34-28)17-24-13-14-37(20-27(23)24)25-7-5-8-25/h9-12,16-17,25H,2-8,13-15,18-20H2,1H3,(H,34,39)(H,33,35,36). The molecular weight excluding hydrogens is 516 g/mol. The van der Waals surface area contributed by atoms with Crippen LogP contribution in [0, 0.1) is 0 Å². The van der Waals surface area contributed by atoms with Crippen LogP contribution < -0.4 is 20.5 Å². The first-order valence-corrected chi connectivity index (χ1v) is 15.0. The minimum atomic E-state index is -0.193. The molecule has 1 fully saturated rings. The Hall–Kier alpha value is -3.85. The summed E-state index contributed by atoms with van der Waals surface area (Å²) in [5.41, 5.74) is 7.61. The lowest BCUT2D eigenvalue weighted by Gasteiger charge is -2.41. The molecule has 0 saturated heterocycles. The zero-order valence-corrected chi connectivity index (χ0v) is 23.7. The van der Waals surface area contributed by atoms with Gasteiger partial charge in [-0.25, -0.2) is 4.79 Å². The number of imidazole rings is 1. The third kappa shape index (κ3) is 5.30. The van der Waals surface area contributed by atoms with Crippen molar-refractivity contribution >= 4 is 17.0 Å². The second-order valence-electron chi connectivity index (χ2n) is 11.6. The third-order valence-electron chi connectivity index (χ3n) is 9.00. The first-order chi connectivity index (χ1) is 20.1. The SMILES string of the molecule is COc1ccc(CNc2nc3nc4c2[nH]c(=O)n4Cc2cc(c4c(c2)CCN(C2CCC2)C4)CCCCCO3)cc1. The van der Waals surface area contributed by atoms with Crippen molar-refractivity contribution in [2.24, 2.45) is 0 Å². The molecule has 2 aromatic heterocycles. The normalized spacial score (nSPS) is 17.9. The number of aromatic amines is 1. The molecule has 2 aromatic carbocycles. The van der Waals surface area contributed by atoms with Gasteiger partial charge in [-0.15, -0.1) is 0 Å². The number of benzene rings is 2. The van der Waals surface area contributed by atoms with Crippen LogP contribution in [0.1, 0.15) is 66.3 Å². The molecule has 0 unspecified atom stereocenters. The third-order valence-corrected chi connectivity index (χ3v) is 9.00. The lowest BCUT2D eigenvalue weighted by Crippen LogP contribution is -2.43. The minimum absolute atomic E-state index is 0.193. The Kier molecular flexibility index (Phi) is 7.12. The van der Waals surface area contributed by atoms with Gasteiger partial charge in [0.05, 0.1) is 20.3 Å². The number of H-pyrrole nitrogens is 1. The van der Waals surface area contributed by atoms with Crippen LogP contribution in [0.15, 0.2) is 41.2 Å². The fourth-order valence-corrected chi connectivity index (χ4v) is 6.44. The summed E-state index contributed by atoms with van der Waals surface area (Å²) >= 11 is 0. The number of hydrogen-bond acceptors (Lipinski definition) is 7. The highest BCUT2D eigenvalue weighted by Crippen LogP contribution is 2.33. The molecule has 41 heavy (non-hydrogen) atoms. The summed E-state index contributed by atoms with van der Waals surface area (Å²) in [5, 5.41) is 3.40. The highest BCUT2D eigenvalue weighted by molar-refractivity contribution is 5.83. The molecule has 4 heterocycles. The number of nitrogens with zero attached hydrogens (tertiary/aromatic N) is 4. The highest BCUT2D eigenvalue weighted by Gasteiger charge is 2.29. The molecule has 1 saturated carbocycles. The highest BCUT2D eigenvalue weighted by atomic mass is 16.5. The quantitative estimate of drug-likeness (QED) is 0.366. The first kappa shape index (κ1) is 26.1. The van der Waals surface area contributed by atoms with Gasteiger partial charge in [0.15, 0.2) is 11.5 Å². The van der Waals surface area contributed by atoms with Crippen molar-refractivity contribution < 1.29 is 9.47 Å². The Morgan fingerprint density at radius 1 is 1.02 bits per heavy atom. The van der Waals surface area contributed by atoms with Crippen LogP contribution in [0.5, 0.6) is 11.8 Å². The number of ether oxygens (including phenoxy) is 2. The summed E-state index contributed by atoms with van der Waals surface area (Å²) < 4.78 is 13.0. The first-order valence-electron chi connectivity index (χ1n) is 15.0. The van der Waals surface area contributed by atoms with E-state index in [9.17, 15) is 4.79 Å². The van der Waals surface area contributed by atoms with Gasteiger partial charge in [-0.05, 0) is 84.9 Å². The number of rotatable bonds is 5. The smallest absolute Gasteiger partial charge is 0.328 e. The van der Waals surface area contributed by atoms with Gasteiger partial charge < -0.3 is 19.8 Å². The number of aromatic nitrogens is 4. The van der Waals surface area contributed by atoms with Gasteiger partial charge in [-0.3, -0.25) is 9.47 Å². The van der Waals surface area contributed by atoms with Crippen molar-refractivity contribution in [1.82, 2.24) is 24.4 Å². The number of anilines is 1. The summed E-state index contributed by atoms with van der Waals surface area (Å²) in [5.74, 6) is 1.37. The Morgan fingerprint density at radius 2 is 1.85 bits per heavy atom. The van der Waals surface area contributed by atoms with E-state index in [1.54, 1.807) is 11.7 Å². The largest absolute Gasteiger partial charge is 0.497 e. The molecule has 9 nitrogen and oxygen atoms in total. The van der Waals surface area contributed by atoms with Gasteiger partial charge in [-0.2, -0.15) is 9.97 Å². The maximum Gasteiger partial charge on any atom is 0.328 e. The van der Waals surface area contributed by atoms with E-state index in [4.69, 9.17) is 14.5 Å². The van der Waals surface area contributed by atoms with Gasteiger partial charge in [0, 0.05) is 25.7 Å². The van der Waals surface area contributed by atoms with E-state index in [0.717, 1.165) is 68.1 Å². The average Bonchev–Trinajstić information content (AvgIpc) is 3.27. The van der Waals surface area contributed by atoms with E-state index in [1.165, 1.54) is 36.0 Å². The molecule has 0 radical (unpaired) electrons. The number of methoxy groups -OCH3 is 1. The molecule has 0 spiro atoms. The van der Waals surface area contributed by atoms with Crippen LogP contribution >= 0.6 is 0 Å². The second kappa shape index (κ2) is 11.2. The van der Waals surface area contributed by atoms with Crippen molar-refractivity contribution in [2.45, 2.75) is 77.0 Å². The Labute approximate surface area is 239 Å². The number of aryl methyl sites for hydroxylation is 1. The zero-order valence-electron chi connectivity index (χ0n) is 23.7. The van der Waals surface area contributed by atoms with Gasteiger partial charge in [0.2, 0.25) is 0 Å². The number of fused-ring (bicyclic) bond motifs is 5. The predicted octanol–water partition coefficient (Wildman–Crippen LogP) is 4.80. The Morgan fingerprint density at radius 3 is 2.63 bits per heavy atom. The van der Waals surface area contributed by atoms with E-state index in [0.29, 0.717) is 42.7 Å². The summed E-state index contributed by atoms with van der Waals surface area (Å²) in [6.07, 6.45) is 9.33. The summed E-state index contributed by atoms with van der Waals surface area (Å²) in [6, 6.07) is 13.6. The fraction of sp³-hybridized carbons (Fsp3) is 0.469. The summed E-state index contributed by atoms with van der Waals surface area (Å²) in [4.78, 5) is 28.4. The van der Waals surface area contributed by atoms with Crippen LogP contribution in [-0.2, 0) is 32.5 Å². The second-order valence-corrected chi connectivity index (χ2v) is 11.6. The number of hydrogen-bond donors (Lipinski definition) is 2. The van der Waals surface area contributed by atoms with Crippen molar-refractivity contribution in [1.29, 1.82) is 0 Å². The molecule has 2 aliphatic heterocycles. The zero-order chi connectivity index (χ0) is 27.8. The lowest BCUT2D eigenvalue weighted by atomic mass is 9.86. The molecule has 1 aliphatic carbocycles. The van der Waals surface area contributed by atoms with Crippen molar-refractivity contribution in [3.8, 4) is 11.8 Å². The Balaban J connectivity index is 1.23. The molecule has 0 atom stereocenters. The molecule has 4 bridgehead atoms. The minimum Gasteiger partial charge on any atom is -0.497 e. The fourth-order valence-electron chi connectivity index (χ4n) is 6.44. The summed E-state index contributed by atoms with van der Waals surface area (Å²) in [7, 11) is 1.66. The molecule has 7 rings (SSSR count). The van der Waals surface area contributed by atoms with E-state index in [1.807, 2.05) is 24.3 Å². The van der Waals surface area contributed by atoms with Gasteiger partial charge in [-0.1, -0.05) is 30.7 Å². The van der Waals surface area contributed by atoms with Crippen molar-refractivity contribution in [3.63, 3.8) is 0 Å². The molecular formula is C32H38N6O3. The lowest BCUT2D eigenvalue weighted by molar-refractivity contribution is 0.113. The van der Waals surface area contributed by atoms with E-state index in [2.05, 4.69) is 32.3 Å². The molecule has 4 aromatic rings. The number of nitrogens with one attached hydrogen (secondary N) is 2. The maximum absolute atomic E-state index is 13.3. The van der Waals surface area contributed by atoms with Crippen molar-refractivity contribution in [2.75, 3.05) is 25.6 Å². The molecule has 3 aliphatic rings. The summed E-state index contributed by atoms with van der Waals surface area (Å²) in [6.45, 7) is 3.73. The monoisotopic (exact) mass is 554 g/mol. The van der Waals surface area contributed by atoms with Crippen molar-refractivity contribution in [3.05, 3.63) is 74.7 Å². The van der Waals surface area contributed by atoms with Crippen LogP contribution in [0.4, 0.5) is 5.82 Å². The topological polar surface area (TPSA) is 97.3 Å². The van der Waals surface area contributed by atoms with Gasteiger partial charge >= 0.3 is 11.7 Å². The van der Waals surface area contributed by atoms with Crippen LogP contribution in [0.2, 0.25) is 0 Å². The van der Waals surface area contributed by atoms with Gasteiger partial charge in [0.1, 0.15) is 11.3 Å². The Bertz CT molecular complexity index is 1600. The van der Waals surface area contributed by atoms with Crippen LogP contribution in [0.3, 0.4) is 0 Å². The van der Waals surface area contributed by atoms with E-state index >= 15 is 0 Å². The average molecular weight is 555 g/mol. The maximum atomic E-state index is 13.3. The molecule has 9 heteroatoms. The predicted molar refractivity (Wildman–Crippen MR) is 159 cm³/mol. The van der Waals surface area contributed by atoms with Crippen LogP contribution in [0.25, 0.3) is 11.2 Å². The molecule has 214 valence electrons. The van der Waals surface area contributed by atoms with E-state index in [-0.39, 0.29) is 5.69 Å².